The molecular formula is C7H4BrF2I2N. The fourth-order valence-electron chi connectivity index (χ4n) is 0.760. The smallest absolute Gasteiger partial charge is 0.259 e. The van der Waals surface area contributed by atoms with Crippen LogP contribution in [0.2, 0.25) is 0 Å². The van der Waals surface area contributed by atoms with Gasteiger partial charge in [0, 0.05) is 18.7 Å². The van der Waals surface area contributed by atoms with Gasteiger partial charge in [-0.25, -0.2) is 8.78 Å². The van der Waals surface area contributed by atoms with Gasteiger partial charge in [0.05, 0.1) is 11.3 Å². The van der Waals surface area contributed by atoms with E-state index in [4.69, 9.17) is 0 Å². The van der Waals surface area contributed by atoms with Crippen LogP contribution in [0.3, 0.4) is 0 Å². The summed E-state index contributed by atoms with van der Waals surface area (Å²) < 4.78 is 26.2. The first kappa shape index (κ1) is 12.0. The molecule has 0 spiro atoms. The highest BCUT2D eigenvalue weighted by atomic mass is 127. The molecule has 0 aromatic carbocycles. The van der Waals surface area contributed by atoms with E-state index in [0.29, 0.717) is 8.90 Å². The lowest BCUT2D eigenvalue weighted by Crippen LogP contribution is -1.99. The van der Waals surface area contributed by atoms with Crippen LogP contribution in [0, 0.1) is 7.14 Å². The number of pyridine rings is 1. The number of aromatic nitrogens is 1. The summed E-state index contributed by atoms with van der Waals surface area (Å²) in [6.07, 6.45) is -1.21. The van der Waals surface area contributed by atoms with E-state index < -0.39 is 6.43 Å². The molecule has 1 aromatic rings. The normalized spacial score (nSPS) is 10.9. The van der Waals surface area contributed by atoms with Crippen LogP contribution in [0.25, 0.3) is 0 Å². The Morgan fingerprint density at radius 1 is 1.38 bits per heavy atom. The Morgan fingerprint density at radius 3 is 2.46 bits per heavy atom. The van der Waals surface area contributed by atoms with Gasteiger partial charge in [-0.2, -0.15) is 0 Å². The predicted octanol–water partition coefficient (Wildman–Crippen LogP) is 4.12. The third-order valence-electron chi connectivity index (χ3n) is 1.42. The zero-order valence-corrected chi connectivity index (χ0v) is 12.1. The van der Waals surface area contributed by atoms with Crippen molar-refractivity contribution in [2.75, 3.05) is 0 Å². The molecule has 0 aliphatic heterocycles. The van der Waals surface area contributed by atoms with Crippen molar-refractivity contribution in [2.24, 2.45) is 0 Å². The maximum absolute atomic E-state index is 12.4. The largest absolute Gasteiger partial charge is 0.266 e. The number of alkyl halides is 3. The Kier molecular flexibility index (Phi) is 4.76. The summed E-state index contributed by atoms with van der Waals surface area (Å²) in [4.78, 5) is 3.94. The molecule has 0 N–H and O–H groups in total. The van der Waals surface area contributed by atoms with Crippen LogP contribution in [0.1, 0.15) is 17.7 Å². The Hall–Kier alpha value is 0.950. The topological polar surface area (TPSA) is 12.9 Å². The second-order valence-electron chi connectivity index (χ2n) is 2.22. The SMILES string of the molecule is FC(F)c1cnc(CBr)c(I)c1I. The Balaban J connectivity index is 3.23. The van der Waals surface area contributed by atoms with Gasteiger partial charge in [0.15, 0.2) is 0 Å². The van der Waals surface area contributed by atoms with Gasteiger partial charge in [0.2, 0.25) is 0 Å². The predicted molar refractivity (Wildman–Crippen MR) is 67.3 cm³/mol. The molecular weight excluding hydrogens is 470 g/mol. The first-order valence-electron chi connectivity index (χ1n) is 3.24. The molecule has 1 rings (SSSR count). The summed E-state index contributed by atoms with van der Waals surface area (Å²) in [5, 5.41) is 0.588. The van der Waals surface area contributed by atoms with Crippen LogP contribution in [-0.4, -0.2) is 4.98 Å². The molecule has 0 aliphatic carbocycles. The summed E-state index contributed by atoms with van der Waals surface area (Å²) in [5.41, 5.74) is 0.809. The molecule has 0 atom stereocenters. The summed E-state index contributed by atoms with van der Waals surface area (Å²) in [7, 11) is 0. The first-order valence-corrected chi connectivity index (χ1v) is 6.52. The van der Waals surface area contributed by atoms with Crippen molar-refractivity contribution in [3.63, 3.8) is 0 Å². The molecule has 6 heteroatoms. The molecule has 0 aliphatic rings. The number of halogens is 5. The lowest BCUT2D eigenvalue weighted by atomic mass is 10.3. The Morgan fingerprint density at radius 2 is 2.00 bits per heavy atom. The van der Waals surface area contributed by atoms with Crippen molar-refractivity contribution in [1.82, 2.24) is 4.98 Å². The van der Waals surface area contributed by atoms with Gasteiger partial charge in [-0.15, -0.1) is 0 Å². The van der Waals surface area contributed by atoms with Crippen molar-refractivity contribution < 1.29 is 8.78 Å². The minimum absolute atomic E-state index is 0.00898. The van der Waals surface area contributed by atoms with Crippen LogP contribution >= 0.6 is 61.1 Å². The lowest BCUT2D eigenvalue weighted by Gasteiger charge is -2.07. The molecule has 1 heterocycles. The zero-order valence-electron chi connectivity index (χ0n) is 6.20. The van der Waals surface area contributed by atoms with Gasteiger partial charge in [-0.05, 0) is 45.2 Å². The molecule has 0 saturated carbocycles. The molecule has 0 radical (unpaired) electrons. The highest BCUT2D eigenvalue weighted by Gasteiger charge is 2.16. The van der Waals surface area contributed by atoms with E-state index in [9.17, 15) is 8.78 Å². The van der Waals surface area contributed by atoms with E-state index in [0.717, 1.165) is 9.26 Å². The first-order chi connectivity index (χ1) is 6.07. The van der Waals surface area contributed by atoms with Gasteiger partial charge in [-0.3, -0.25) is 4.98 Å². The van der Waals surface area contributed by atoms with E-state index in [1.54, 1.807) is 0 Å². The zero-order chi connectivity index (χ0) is 10.0. The lowest BCUT2D eigenvalue weighted by molar-refractivity contribution is 0.150. The van der Waals surface area contributed by atoms with Crippen LogP contribution in [0.5, 0.6) is 0 Å². The van der Waals surface area contributed by atoms with Crippen molar-refractivity contribution in [3.05, 3.63) is 24.6 Å². The van der Waals surface area contributed by atoms with Crippen molar-refractivity contribution in [2.45, 2.75) is 11.8 Å². The molecule has 0 bridgehead atoms. The summed E-state index contributed by atoms with van der Waals surface area (Å²) >= 11 is 7.20. The quantitative estimate of drug-likeness (QED) is 0.465. The van der Waals surface area contributed by atoms with Gasteiger partial charge in [-0.1, -0.05) is 15.9 Å². The van der Waals surface area contributed by atoms with Gasteiger partial charge < -0.3 is 0 Å². The number of hydrogen-bond donors (Lipinski definition) is 0. The second kappa shape index (κ2) is 5.15. The third kappa shape index (κ3) is 2.71. The summed E-state index contributed by atoms with van der Waals surface area (Å²) in [6.45, 7) is 0. The molecule has 1 aromatic heterocycles. The molecule has 0 fully saturated rings. The van der Waals surface area contributed by atoms with Gasteiger partial charge in [0.25, 0.3) is 6.43 Å². The summed E-state index contributed by atoms with van der Waals surface area (Å²) in [5.74, 6) is 0. The van der Waals surface area contributed by atoms with E-state index in [-0.39, 0.29) is 5.56 Å². The van der Waals surface area contributed by atoms with E-state index in [2.05, 4.69) is 20.9 Å². The van der Waals surface area contributed by atoms with E-state index >= 15 is 0 Å². The number of rotatable bonds is 2. The molecule has 0 amide bonds. The number of nitrogens with zero attached hydrogens (tertiary/aromatic N) is 1. The van der Waals surface area contributed by atoms with Crippen LogP contribution in [-0.2, 0) is 5.33 Å². The van der Waals surface area contributed by atoms with Gasteiger partial charge >= 0.3 is 0 Å². The monoisotopic (exact) mass is 473 g/mol. The van der Waals surface area contributed by atoms with Crippen LogP contribution in [0.4, 0.5) is 8.78 Å². The fourth-order valence-corrected chi connectivity index (χ4v) is 3.04. The molecule has 0 unspecified atom stereocenters. The summed E-state index contributed by atoms with van der Waals surface area (Å²) in [6, 6.07) is 0. The van der Waals surface area contributed by atoms with Crippen molar-refractivity contribution in [3.8, 4) is 0 Å². The minimum atomic E-state index is -2.45. The van der Waals surface area contributed by atoms with Crippen LogP contribution < -0.4 is 0 Å². The highest BCUT2D eigenvalue weighted by Crippen LogP contribution is 2.29. The minimum Gasteiger partial charge on any atom is -0.259 e. The Labute approximate surface area is 110 Å². The molecule has 13 heavy (non-hydrogen) atoms. The third-order valence-corrected chi connectivity index (χ3v) is 5.31. The molecule has 72 valence electrons. The number of hydrogen-bond acceptors (Lipinski definition) is 1. The molecule has 0 saturated heterocycles. The van der Waals surface area contributed by atoms with E-state index in [1.165, 1.54) is 6.20 Å². The standard InChI is InChI=1S/C7H4BrF2I2N/c8-1-4-6(12)5(11)3(2-13-4)7(9)10/h2,7H,1H2. The van der Waals surface area contributed by atoms with Crippen LogP contribution in [0.15, 0.2) is 6.20 Å². The van der Waals surface area contributed by atoms with Gasteiger partial charge in [0.1, 0.15) is 0 Å². The molecule has 1 nitrogen and oxygen atoms in total. The van der Waals surface area contributed by atoms with E-state index in [1.807, 2.05) is 45.2 Å². The van der Waals surface area contributed by atoms with Crippen molar-refractivity contribution in [1.29, 1.82) is 0 Å². The maximum atomic E-state index is 12.4. The highest BCUT2D eigenvalue weighted by molar-refractivity contribution is 14.1. The average molecular weight is 474 g/mol. The Bertz CT molecular complexity index is 320. The fraction of sp³-hybridized carbons (Fsp3) is 0.286. The second-order valence-corrected chi connectivity index (χ2v) is 4.94. The van der Waals surface area contributed by atoms with Crippen molar-refractivity contribution >= 4 is 61.1 Å². The maximum Gasteiger partial charge on any atom is 0.266 e. The average Bonchev–Trinajstić information content (AvgIpc) is 2.09.